The first-order valence-electron chi connectivity index (χ1n) is 9.57. The van der Waals surface area contributed by atoms with Crippen molar-refractivity contribution >= 4 is 22.8 Å². The van der Waals surface area contributed by atoms with E-state index in [1.54, 1.807) is 22.8 Å². The van der Waals surface area contributed by atoms with E-state index in [-0.39, 0.29) is 23.6 Å². The van der Waals surface area contributed by atoms with Crippen molar-refractivity contribution in [3.8, 4) is 0 Å². The lowest BCUT2D eigenvalue weighted by atomic mass is 10.1. The van der Waals surface area contributed by atoms with Gasteiger partial charge in [0.1, 0.15) is 5.82 Å². The van der Waals surface area contributed by atoms with Gasteiger partial charge in [0.05, 0.1) is 16.5 Å². The first-order valence-corrected chi connectivity index (χ1v) is 9.57. The zero-order valence-electron chi connectivity index (χ0n) is 15.6. The molecule has 1 N–H and O–H groups in total. The van der Waals surface area contributed by atoms with E-state index in [4.69, 9.17) is 4.74 Å². The van der Waals surface area contributed by atoms with Gasteiger partial charge in [-0.05, 0) is 37.5 Å². The van der Waals surface area contributed by atoms with Gasteiger partial charge in [0.2, 0.25) is 0 Å². The second-order valence-electron chi connectivity index (χ2n) is 6.81. The molecule has 1 aliphatic heterocycles. The minimum absolute atomic E-state index is 0.0595. The molecule has 0 fully saturated rings. The molecule has 1 aromatic carbocycles. The average Bonchev–Trinajstić information content (AvgIpc) is 2.65. The van der Waals surface area contributed by atoms with Crippen LogP contribution in [0.25, 0.3) is 10.9 Å². The minimum Gasteiger partial charge on any atom is -0.452 e. The molecular weight excluding hydrogens is 346 g/mol. The number of hydrogen-bond donors (Lipinski definition) is 1. The molecule has 0 spiro atoms. The van der Waals surface area contributed by atoms with Crippen molar-refractivity contribution in [3.63, 3.8) is 0 Å². The first-order chi connectivity index (χ1) is 13.1. The number of carbonyl (C=O) groups is 2. The summed E-state index contributed by atoms with van der Waals surface area (Å²) in [6.45, 7) is 2.86. The number of fused-ring (bicyclic) bond motifs is 2. The van der Waals surface area contributed by atoms with Crippen molar-refractivity contribution in [2.24, 2.45) is 0 Å². The third-order valence-corrected chi connectivity index (χ3v) is 4.71. The van der Waals surface area contributed by atoms with Gasteiger partial charge in [0.15, 0.2) is 6.61 Å². The Hall–Kier alpha value is -2.70. The smallest absolute Gasteiger partial charge is 0.338 e. The third-order valence-electron chi connectivity index (χ3n) is 4.71. The van der Waals surface area contributed by atoms with Crippen LogP contribution in [0.4, 0.5) is 0 Å². The number of aromatic nitrogens is 2. The zero-order chi connectivity index (χ0) is 19.2. The fourth-order valence-corrected chi connectivity index (χ4v) is 3.25. The van der Waals surface area contributed by atoms with Gasteiger partial charge in [0, 0.05) is 19.5 Å². The number of nitrogens with zero attached hydrogens (tertiary/aromatic N) is 2. The fourth-order valence-electron chi connectivity index (χ4n) is 3.25. The second kappa shape index (κ2) is 8.79. The fraction of sp³-hybridized carbons (Fsp3) is 0.500. The first kappa shape index (κ1) is 19.1. The summed E-state index contributed by atoms with van der Waals surface area (Å²) in [6, 6.07) is 4.74. The average molecular weight is 371 g/mol. The Bertz CT molecular complexity index is 904. The number of esters is 1. The van der Waals surface area contributed by atoms with E-state index < -0.39 is 5.97 Å². The quantitative estimate of drug-likeness (QED) is 0.814. The Morgan fingerprint density at radius 3 is 2.85 bits per heavy atom. The Balaban J connectivity index is 1.82. The molecule has 0 unspecified atom stereocenters. The van der Waals surface area contributed by atoms with Gasteiger partial charge >= 0.3 is 5.97 Å². The summed E-state index contributed by atoms with van der Waals surface area (Å²) in [7, 11) is 0. The van der Waals surface area contributed by atoms with Crippen LogP contribution in [0.3, 0.4) is 0 Å². The van der Waals surface area contributed by atoms with Crippen LogP contribution in [0.5, 0.6) is 0 Å². The summed E-state index contributed by atoms with van der Waals surface area (Å²) < 4.78 is 6.81. The summed E-state index contributed by atoms with van der Waals surface area (Å²) in [5.41, 5.74) is 0.723. The van der Waals surface area contributed by atoms with Crippen LogP contribution in [0.2, 0.25) is 0 Å². The molecule has 0 bridgehead atoms. The summed E-state index contributed by atoms with van der Waals surface area (Å²) in [5, 5.41) is 3.15. The summed E-state index contributed by atoms with van der Waals surface area (Å²) in [4.78, 5) is 41.2. The molecule has 27 heavy (non-hydrogen) atoms. The monoisotopic (exact) mass is 371 g/mol. The van der Waals surface area contributed by atoms with E-state index in [2.05, 4.69) is 10.3 Å². The Morgan fingerprint density at radius 1 is 1.22 bits per heavy atom. The van der Waals surface area contributed by atoms with Crippen molar-refractivity contribution in [2.75, 3.05) is 13.2 Å². The SMILES string of the molecule is CCCNC(=O)COC(=O)c1ccc2c(=O)n3c(nc2c1)CCCCCC3. The molecule has 2 aromatic rings. The topological polar surface area (TPSA) is 90.3 Å². The Morgan fingerprint density at radius 2 is 2.04 bits per heavy atom. The lowest BCUT2D eigenvalue weighted by molar-refractivity contribution is -0.124. The van der Waals surface area contributed by atoms with E-state index in [0.29, 0.717) is 24.0 Å². The van der Waals surface area contributed by atoms with Crippen LogP contribution in [-0.2, 0) is 22.5 Å². The number of carbonyl (C=O) groups excluding carboxylic acids is 2. The molecule has 1 aromatic heterocycles. The van der Waals surface area contributed by atoms with Crippen LogP contribution in [-0.4, -0.2) is 34.6 Å². The zero-order valence-corrected chi connectivity index (χ0v) is 15.6. The van der Waals surface area contributed by atoms with E-state index in [0.717, 1.165) is 44.3 Å². The highest BCUT2D eigenvalue weighted by molar-refractivity contribution is 5.95. The van der Waals surface area contributed by atoms with Gasteiger partial charge in [-0.15, -0.1) is 0 Å². The standard InChI is InChI=1S/C20H25N3O4/c1-2-10-21-18(24)13-27-20(26)14-8-9-15-16(12-14)22-17-7-5-3-4-6-11-23(17)19(15)25/h8-9,12H,2-7,10-11,13H2,1H3,(H,21,24). The molecule has 3 rings (SSSR count). The molecular formula is C20H25N3O4. The lowest BCUT2D eigenvalue weighted by Crippen LogP contribution is -2.29. The lowest BCUT2D eigenvalue weighted by Gasteiger charge is -2.16. The van der Waals surface area contributed by atoms with E-state index >= 15 is 0 Å². The molecule has 0 saturated heterocycles. The van der Waals surface area contributed by atoms with Crippen molar-refractivity contribution in [1.29, 1.82) is 0 Å². The number of aryl methyl sites for hydroxylation is 1. The number of amides is 1. The molecule has 0 saturated carbocycles. The van der Waals surface area contributed by atoms with Crippen molar-refractivity contribution in [1.82, 2.24) is 14.9 Å². The maximum Gasteiger partial charge on any atom is 0.338 e. The molecule has 7 nitrogen and oxygen atoms in total. The highest BCUT2D eigenvalue weighted by Gasteiger charge is 2.16. The van der Waals surface area contributed by atoms with E-state index in [9.17, 15) is 14.4 Å². The highest BCUT2D eigenvalue weighted by atomic mass is 16.5. The van der Waals surface area contributed by atoms with Gasteiger partial charge in [-0.2, -0.15) is 0 Å². The number of hydrogen-bond acceptors (Lipinski definition) is 5. The third kappa shape index (κ3) is 4.53. The number of nitrogens with one attached hydrogen (secondary N) is 1. The Kier molecular flexibility index (Phi) is 6.21. The maximum absolute atomic E-state index is 12.8. The largest absolute Gasteiger partial charge is 0.452 e. The molecule has 1 amide bonds. The Labute approximate surface area is 157 Å². The summed E-state index contributed by atoms with van der Waals surface area (Å²) >= 11 is 0. The van der Waals surface area contributed by atoms with Crippen molar-refractivity contribution in [3.05, 3.63) is 39.9 Å². The predicted molar refractivity (Wildman–Crippen MR) is 102 cm³/mol. The molecule has 0 atom stereocenters. The van der Waals surface area contributed by atoms with Gasteiger partial charge in [-0.25, -0.2) is 9.78 Å². The molecule has 144 valence electrons. The second-order valence-corrected chi connectivity index (χ2v) is 6.81. The van der Waals surface area contributed by atoms with Crippen LogP contribution in [0.15, 0.2) is 23.0 Å². The van der Waals surface area contributed by atoms with Gasteiger partial charge < -0.3 is 10.1 Å². The molecule has 0 radical (unpaired) electrons. The van der Waals surface area contributed by atoms with Crippen LogP contribution in [0, 0.1) is 0 Å². The van der Waals surface area contributed by atoms with Crippen LogP contribution in [0.1, 0.15) is 55.2 Å². The highest BCUT2D eigenvalue weighted by Crippen LogP contribution is 2.16. The number of ether oxygens (including phenoxy) is 1. The van der Waals surface area contributed by atoms with Crippen LogP contribution < -0.4 is 10.9 Å². The molecule has 0 aliphatic carbocycles. The van der Waals surface area contributed by atoms with E-state index in [1.165, 1.54) is 0 Å². The van der Waals surface area contributed by atoms with Gasteiger partial charge in [-0.3, -0.25) is 14.2 Å². The van der Waals surface area contributed by atoms with Crippen molar-refractivity contribution < 1.29 is 14.3 Å². The number of benzene rings is 1. The maximum atomic E-state index is 12.8. The summed E-state index contributed by atoms with van der Waals surface area (Å²) in [6.07, 6.45) is 5.82. The molecule has 2 heterocycles. The van der Waals surface area contributed by atoms with Gasteiger partial charge in [-0.1, -0.05) is 19.8 Å². The molecule has 1 aliphatic rings. The van der Waals surface area contributed by atoms with E-state index in [1.807, 2.05) is 6.92 Å². The predicted octanol–water partition coefficient (Wildman–Crippen LogP) is 2.20. The number of rotatable bonds is 5. The van der Waals surface area contributed by atoms with Crippen LogP contribution >= 0.6 is 0 Å². The van der Waals surface area contributed by atoms with Gasteiger partial charge in [0.25, 0.3) is 11.5 Å². The normalized spacial score (nSPS) is 14.1. The molecule has 7 heteroatoms. The minimum atomic E-state index is -0.600. The van der Waals surface area contributed by atoms with Crippen molar-refractivity contribution in [2.45, 2.75) is 52.0 Å². The summed E-state index contributed by atoms with van der Waals surface area (Å²) in [5.74, 6) is -0.155.